The van der Waals surface area contributed by atoms with Gasteiger partial charge in [-0.25, -0.2) is 4.79 Å². The Morgan fingerprint density at radius 1 is 1.25 bits per heavy atom. The van der Waals surface area contributed by atoms with E-state index in [0.717, 1.165) is 17.8 Å². The number of anilines is 1. The molecule has 0 saturated heterocycles. The van der Waals surface area contributed by atoms with E-state index in [9.17, 15) is 9.90 Å². The van der Waals surface area contributed by atoms with Gasteiger partial charge in [-0.15, -0.1) is 0 Å². The van der Waals surface area contributed by atoms with Gasteiger partial charge >= 0.3 is 6.03 Å². The molecule has 0 bridgehead atoms. The zero-order valence-electron chi connectivity index (χ0n) is 15.1. The average molecular weight is 333 g/mol. The summed E-state index contributed by atoms with van der Waals surface area (Å²) in [6.45, 7) is 4.29. The number of carbonyl (C=O) groups is 1. The van der Waals surface area contributed by atoms with Crippen LogP contribution in [0.3, 0.4) is 0 Å². The zero-order chi connectivity index (χ0) is 17.6. The second kappa shape index (κ2) is 8.49. The number of nitrogens with one attached hydrogen (secondary N) is 2. The maximum atomic E-state index is 12.2. The predicted octanol–water partition coefficient (Wildman–Crippen LogP) is 3.34. The molecule has 0 unspecified atom stereocenters. The molecule has 134 valence electrons. The van der Waals surface area contributed by atoms with E-state index in [2.05, 4.69) is 28.6 Å². The van der Waals surface area contributed by atoms with Crippen molar-refractivity contribution in [3.8, 4) is 0 Å². The van der Waals surface area contributed by atoms with Gasteiger partial charge < -0.3 is 15.7 Å². The van der Waals surface area contributed by atoms with Gasteiger partial charge in [0, 0.05) is 18.3 Å². The first-order valence-corrected chi connectivity index (χ1v) is 8.89. The Hall–Kier alpha value is -1.59. The van der Waals surface area contributed by atoms with Crippen molar-refractivity contribution >= 4 is 11.7 Å². The highest BCUT2D eigenvalue weighted by Crippen LogP contribution is 2.24. The number of carbonyl (C=O) groups excluding carboxylic acids is 1. The van der Waals surface area contributed by atoms with E-state index in [4.69, 9.17) is 0 Å². The van der Waals surface area contributed by atoms with Crippen LogP contribution in [0, 0.1) is 0 Å². The minimum absolute atomic E-state index is 0.105. The molecule has 2 rings (SSSR count). The van der Waals surface area contributed by atoms with Crippen molar-refractivity contribution < 1.29 is 9.90 Å². The monoisotopic (exact) mass is 333 g/mol. The largest absolute Gasteiger partial charge is 0.394 e. The van der Waals surface area contributed by atoms with Crippen molar-refractivity contribution in [1.82, 2.24) is 10.2 Å². The second-order valence-electron chi connectivity index (χ2n) is 7.49. The van der Waals surface area contributed by atoms with E-state index in [0.29, 0.717) is 6.04 Å². The Balaban J connectivity index is 2.00. The fourth-order valence-electron chi connectivity index (χ4n) is 3.20. The van der Waals surface area contributed by atoms with Crippen LogP contribution in [0.2, 0.25) is 0 Å². The number of urea groups is 1. The molecule has 0 aliphatic heterocycles. The molecule has 0 heterocycles. The number of aliphatic hydroxyl groups is 1. The quantitative estimate of drug-likeness (QED) is 0.748. The third-order valence-electron chi connectivity index (χ3n) is 4.73. The summed E-state index contributed by atoms with van der Waals surface area (Å²) in [5.74, 6) is 0. The van der Waals surface area contributed by atoms with Crippen molar-refractivity contribution in [2.75, 3.05) is 19.0 Å². The van der Waals surface area contributed by atoms with Gasteiger partial charge in [-0.2, -0.15) is 0 Å². The van der Waals surface area contributed by atoms with Crippen LogP contribution in [0.4, 0.5) is 10.5 Å². The highest BCUT2D eigenvalue weighted by molar-refractivity contribution is 5.90. The lowest BCUT2D eigenvalue weighted by molar-refractivity contribution is 0.184. The molecule has 1 saturated carbocycles. The molecular formula is C19H31N3O2. The van der Waals surface area contributed by atoms with Crippen molar-refractivity contribution in [2.24, 2.45) is 0 Å². The Morgan fingerprint density at radius 2 is 1.92 bits per heavy atom. The highest BCUT2D eigenvalue weighted by atomic mass is 16.3. The van der Waals surface area contributed by atoms with Crippen molar-refractivity contribution in [1.29, 1.82) is 0 Å². The van der Waals surface area contributed by atoms with E-state index in [1.165, 1.54) is 32.1 Å². The topological polar surface area (TPSA) is 64.6 Å². The van der Waals surface area contributed by atoms with Gasteiger partial charge in [0.2, 0.25) is 0 Å². The van der Waals surface area contributed by atoms with Crippen LogP contribution in [0.15, 0.2) is 24.3 Å². The van der Waals surface area contributed by atoms with Crippen LogP contribution in [-0.4, -0.2) is 41.3 Å². The third kappa shape index (κ3) is 5.49. The van der Waals surface area contributed by atoms with Crippen molar-refractivity contribution in [2.45, 2.75) is 64.1 Å². The minimum Gasteiger partial charge on any atom is -0.394 e. The number of aliphatic hydroxyl groups excluding tert-OH is 1. The van der Waals surface area contributed by atoms with Gasteiger partial charge in [-0.3, -0.25) is 4.90 Å². The minimum atomic E-state index is -0.641. The van der Waals surface area contributed by atoms with Gasteiger partial charge in [0.25, 0.3) is 0 Å². The Bertz CT molecular complexity index is 539. The van der Waals surface area contributed by atoms with E-state index < -0.39 is 5.54 Å². The molecule has 0 atom stereocenters. The lowest BCUT2D eigenvalue weighted by Gasteiger charge is -2.31. The molecule has 1 aromatic carbocycles. The molecule has 2 amide bonds. The second-order valence-corrected chi connectivity index (χ2v) is 7.49. The first-order chi connectivity index (χ1) is 11.4. The molecule has 5 nitrogen and oxygen atoms in total. The van der Waals surface area contributed by atoms with Crippen LogP contribution < -0.4 is 10.6 Å². The van der Waals surface area contributed by atoms with E-state index in [1.807, 2.05) is 18.2 Å². The molecule has 24 heavy (non-hydrogen) atoms. The fourth-order valence-corrected chi connectivity index (χ4v) is 3.20. The molecule has 1 aliphatic carbocycles. The molecule has 1 aliphatic rings. The maximum Gasteiger partial charge on any atom is 0.319 e. The summed E-state index contributed by atoms with van der Waals surface area (Å²) in [5, 5.41) is 15.0. The van der Waals surface area contributed by atoms with Gasteiger partial charge in [0.1, 0.15) is 0 Å². The predicted molar refractivity (Wildman–Crippen MR) is 98.1 cm³/mol. The Labute approximate surface area is 145 Å². The van der Waals surface area contributed by atoms with Crippen LogP contribution in [0.25, 0.3) is 0 Å². The van der Waals surface area contributed by atoms with Crippen LogP contribution in [0.1, 0.15) is 51.5 Å². The summed E-state index contributed by atoms with van der Waals surface area (Å²) >= 11 is 0. The highest BCUT2D eigenvalue weighted by Gasteiger charge is 2.21. The Kier molecular flexibility index (Phi) is 6.63. The third-order valence-corrected chi connectivity index (χ3v) is 4.73. The number of amides is 2. The lowest BCUT2D eigenvalue weighted by atomic mass is 9.94. The summed E-state index contributed by atoms with van der Waals surface area (Å²) in [5.41, 5.74) is 1.30. The molecule has 0 aromatic heterocycles. The number of hydrogen-bond acceptors (Lipinski definition) is 3. The number of benzene rings is 1. The standard InChI is InChI=1S/C19H31N3O2/c1-19(2,14-23)21-18(24)20-17-12-8-7-9-15(17)13-22(3)16-10-5-4-6-11-16/h7-9,12,16,23H,4-6,10-11,13-14H2,1-3H3,(H2,20,21,24). The van der Waals surface area contributed by atoms with Crippen LogP contribution in [0.5, 0.6) is 0 Å². The normalized spacial score (nSPS) is 16.2. The number of para-hydroxylation sites is 1. The first kappa shape index (κ1) is 18.7. The summed E-state index contributed by atoms with van der Waals surface area (Å²) in [6, 6.07) is 8.26. The van der Waals surface area contributed by atoms with Gasteiger partial charge in [0.15, 0.2) is 0 Å². The molecule has 0 spiro atoms. The SMILES string of the molecule is CN(Cc1ccccc1NC(=O)NC(C)(C)CO)C1CCCCC1. The van der Waals surface area contributed by atoms with Crippen molar-refractivity contribution in [3.63, 3.8) is 0 Å². The maximum absolute atomic E-state index is 12.2. The summed E-state index contributed by atoms with van der Waals surface area (Å²) in [6.07, 6.45) is 6.50. The van der Waals surface area contributed by atoms with Crippen LogP contribution in [-0.2, 0) is 6.54 Å². The molecular weight excluding hydrogens is 302 g/mol. The van der Waals surface area contributed by atoms with Crippen LogP contribution >= 0.6 is 0 Å². The summed E-state index contributed by atoms with van der Waals surface area (Å²) in [7, 11) is 2.17. The summed E-state index contributed by atoms with van der Waals surface area (Å²) < 4.78 is 0. The number of nitrogens with zero attached hydrogens (tertiary/aromatic N) is 1. The number of hydrogen-bond donors (Lipinski definition) is 3. The van der Waals surface area contributed by atoms with E-state index in [1.54, 1.807) is 13.8 Å². The molecule has 1 fully saturated rings. The van der Waals surface area contributed by atoms with E-state index >= 15 is 0 Å². The molecule has 5 heteroatoms. The van der Waals surface area contributed by atoms with Gasteiger partial charge in [-0.1, -0.05) is 37.5 Å². The zero-order valence-corrected chi connectivity index (χ0v) is 15.1. The van der Waals surface area contributed by atoms with Crippen molar-refractivity contribution in [3.05, 3.63) is 29.8 Å². The summed E-state index contributed by atoms with van der Waals surface area (Å²) in [4.78, 5) is 14.6. The Morgan fingerprint density at radius 3 is 2.58 bits per heavy atom. The first-order valence-electron chi connectivity index (χ1n) is 8.89. The number of rotatable bonds is 6. The van der Waals surface area contributed by atoms with Gasteiger partial charge in [-0.05, 0) is 45.4 Å². The lowest BCUT2D eigenvalue weighted by Crippen LogP contribution is -2.48. The smallest absolute Gasteiger partial charge is 0.319 e. The molecule has 3 N–H and O–H groups in total. The molecule has 1 aromatic rings. The van der Waals surface area contributed by atoms with Gasteiger partial charge in [0.05, 0.1) is 12.1 Å². The fraction of sp³-hybridized carbons (Fsp3) is 0.632. The van der Waals surface area contributed by atoms with E-state index in [-0.39, 0.29) is 12.6 Å². The average Bonchev–Trinajstić information content (AvgIpc) is 2.57. The molecule has 0 radical (unpaired) electrons.